The number of aliphatic hydroxyl groups is 1. The summed E-state index contributed by atoms with van der Waals surface area (Å²) in [5, 5.41) is 19.7. The van der Waals surface area contributed by atoms with E-state index in [9.17, 15) is 13.6 Å². The van der Waals surface area contributed by atoms with Crippen LogP contribution in [0, 0.1) is 0 Å². The molecule has 0 aliphatic carbocycles. The molecule has 0 rings (SSSR count). The second-order valence-electron chi connectivity index (χ2n) is 2.99. The number of halogens is 2. The normalized spacial score (nSPS) is 15.5. The number of aliphatic carboxylic acids is 1. The Kier molecular flexibility index (Phi) is 6.31. The van der Waals surface area contributed by atoms with Crippen LogP contribution in [-0.4, -0.2) is 41.3 Å². The van der Waals surface area contributed by atoms with Crippen LogP contribution in [0.2, 0.25) is 0 Å². The van der Waals surface area contributed by atoms with E-state index in [1.54, 1.807) is 6.92 Å². The van der Waals surface area contributed by atoms with Gasteiger partial charge in [0.1, 0.15) is 12.1 Å². The van der Waals surface area contributed by atoms with Gasteiger partial charge >= 0.3 is 5.97 Å². The standard InChI is InChI=1S/C8H15F2NO3/c1-2-3-5(8(13)14)11-4-6(12)7(9)10/h5-7,11-12H,2-4H2,1H3,(H,13,14). The molecule has 14 heavy (non-hydrogen) atoms. The minimum atomic E-state index is -2.85. The van der Waals surface area contributed by atoms with Gasteiger partial charge in [-0.2, -0.15) is 0 Å². The highest BCUT2D eigenvalue weighted by atomic mass is 19.3. The number of carboxylic acid groups (broad SMARTS) is 1. The summed E-state index contributed by atoms with van der Waals surface area (Å²) in [5.74, 6) is -1.09. The fourth-order valence-corrected chi connectivity index (χ4v) is 0.954. The first-order chi connectivity index (χ1) is 6.49. The largest absolute Gasteiger partial charge is 0.480 e. The van der Waals surface area contributed by atoms with Crippen LogP contribution in [0.3, 0.4) is 0 Å². The van der Waals surface area contributed by atoms with Crippen LogP contribution in [0.5, 0.6) is 0 Å². The maximum atomic E-state index is 11.8. The highest BCUT2D eigenvalue weighted by Crippen LogP contribution is 2.01. The van der Waals surface area contributed by atoms with Crippen LogP contribution in [0.4, 0.5) is 8.78 Å². The SMILES string of the molecule is CCCC(NCC(O)C(F)F)C(=O)O. The maximum Gasteiger partial charge on any atom is 0.320 e. The molecule has 0 amide bonds. The molecule has 2 unspecified atom stereocenters. The van der Waals surface area contributed by atoms with Gasteiger partial charge < -0.3 is 15.5 Å². The summed E-state index contributed by atoms with van der Waals surface area (Å²) >= 11 is 0. The van der Waals surface area contributed by atoms with Gasteiger partial charge in [0.15, 0.2) is 0 Å². The third kappa shape index (κ3) is 5.08. The second-order valence-corrected chi connectivity index (χ2v) is 2.99. The molecular weight excluding hydrogens is 196 g/mol. The zero-order chi connectivity index (χ0) is 11.1. The molecule has 0 aliphatic rings. The van der Waals surface area contributed by atoms with Crippen LogP contribution in [0.25, 0.3) is 0 Å². The van der Waals surface area contributed by atoms with Crippen molar-refractivity contribution in [1.82, 2.24) is 5.32 Å². The molecule has 0 saturated heterocycles. The Morgan fingerprint density at radius 3 is 2.43 bits per heavy atom. The second kappa shape index (κ2) is 6.67. The smallest absolute Gasteiger partial charge is 0.320 e. The summed E-state index contributed by atoms with van der Waals surface area (Å²) in [6.07, 6.45) is -3.67. The number of alkyl halides is 2. The first-order valence-corrected chi connectivity index (χ1v) is 4.41. The van der Waals surface area contributed by atoms with Crippen molar-refractivity contribution in [3.8, 4) is 0 Å². The van der Waals surface area contributed by atoms with E-state index in [0.29, 0.717) is 12.8 Å². The lowest BCUT2D eigenvalue weighted by Crippen LogP contribution is -2.42. The molecule has 0 bridgehead atoms. The molecule has 0 saturated carbocycles. The van der Waals surface area contributed by atoms with Crippen molar-refractivity contribution in [3.63, 3.8) is 0 Å². The van der Waals surface area contributed by atoms with Gasteiger partial charge in [-0.15, -0.1) is 0 Å². The predicted molar refractivity (Wildman–Crippen MR) is 46.3 cm³/mol. The van der Waals surface area contributed by atoms with Crippen molar-refractivity contribution in [1.29, 1.82) is 0 Å². The van der Waals surface area contributed by atoms with Gasteiger partial charge in [0.2, 0.25) is 0 Å². The number of hydrogen-bond donors (Lipinski definition) is 3. The highest BCUT2D eigenvalue weighted by Gasteiger charge is 2.21. The summed E-state index contributed by atoms with van der Waals surface area (Å²) in [6.45, 7) is 1.38. The van der Waals surface area contributed by atoms with E-state index in [-0.39, 0.29) is 0 Å². The molecule has 0 aromatic heterocycles. The molecular formula is C8H15F2NO3. The Morgan fingerprint density at radius 1 is 1.50 bits per heavy atom. The summed E-state index contributed by atoms with van der Waals surface area (Å²) in [4.78, 5) is 10.5. The molecule has 0 aromatic carbocycles. The number of hydrogen-bond acceptors (Lipinski definition) is 3. The van der Waals surface area contributed by atoms with E-state index in [0.717, 1.165) is 0 Å². The van der Waals surface area contributed by atoms with Crippen molar-refractivity contribution in [3.05, 3.63) is 0 Å². The molecule has 0 heterocycles. The zero-order valence-corrected chi connectivity index (χ0v) is 7.91. The van der Waals surface area contributed by atoms with Crippen LogP contribution >= 0.6 is 0 Å². The molecule has 0 aliphatic heterocycles. The quantitative estimate of drug-likeness (QED) is 0.572. The minimum absolute atomic E-state index is 0.352. The lowest BCUT2D eigenvalue weighted by molar-refractivity contribution is -0.140. The van der Waals surface area contributed by atoms with Gasteiger partial charge in [-0.05, 0) is 6.42 Å². The van der Waals surface area contributed by atoms with Crippen molar-refractivity contribution >= 4 is 5.97 Å². The van der Waals surface area contributed by atoms with Gasteiger partial charge in [-0.3, -0.25) is 4.79 Å². The fraction of sp³-hybridized carbons (Fsp3) is 0.875. The first kappa shape index (κ1) is 13.2. The van der Waals surface area contributed by atoms with Crippen molar-refractivity contribution in [2.75, 3.05) is 6.54 Å². The summed E-state index contributed by atoms with van der Waals surface area (Å²) in [7, 11) is 0. The van der Waals surface area contributed by atoms with Gasteiger partial charge in [-0.1, -0.05) is 13.3 Å². The number of rotatable bonds is 7. The maximum absolute atomic E-state index is 11.8. The van der Waals surface area contributed by atoms with Gasteiger partial charge in [-0.25, -0.2) is 8.78 Å². The van der Waals surface area contributed by atoms with E-state index in [1.807, 2.05) is 0 Å². The first-order valence-electron chi connectivity index (χ1n) is 4.41. The Morgan fingerprint density at radius 2 is 2.07 bits per heavy atom. The monoisotopic (exact) mass is 211 g/mol. The minimum Gasteiger partial charge on any atom is -0.480 e. The van der Waals surface area contributed by atoms with Gasteiger partial charge in [0.25, 0.3) is 6.43 Å². The van der Waals surface area contributed by atoms with E-state index < -0.39 is 31.1 Å². The molecule has 84 valence electrons. The third-order valence-corrected chi connectivity index (χ3v) is 1.74. The summed E-state index contributed by atoms with van der Waals surface area (Å²) in [6, 6.07) is -0.867. The molecule has 0 fully saturated rings. The number of carbonyl (C=O) groups is 1. The van der Waals surface area contributed by atoms with Crippen molar-refractivity contribution < 1.29 is 23.8 Å². The van der Waals surface area contributed by atoms with E-state index in [4.69, 9.17) is 10.2 Å². The van der Waals surface area contributed by atoms with Crippen LogP contribution < -0.4 is 5.32 Å². The predicted octanol–water partition coefficient (Wildman–Crippen LogP) is 0.455. The average Bonchev–Trinajstić information content (AvgIpc) is 2.10. The molecule has 3 N–H and O–H groups in total. The highest BCUT2D eigenvalue weighted by molar-refractivity contribution is 5.73. The van der Waals surface area contributed by atoms with E-state index in [2.05, 4.69) is 5.32 Å². The summed E-state index contributed by atoms with van der Waals surface area (Å²) < 4.78 is 23.7. The van der Waals surface area contributed by atoms with Gasteiger partial charge in [0, 0.05) is 6.54 Å². The van der Waals surface area contributed by atoms with Crippen LogP contribution in [0.15, 0.2) is 0 Å². The molecule has 0 radical (unpaired) electrons. The van der Waals surface area contributed by atoms with Crippen LogP contribution in [0.1, 0.15) is 19.8 Å². The Bertz CT molecular complexity index is 178. The topological polar surface area (TPSA) is 69.6 Å². The van der Waals surface area contributed by atoms with E-state index in [1.165, 1.54) is 0 Å². The molecule has 0 spiro atoms. The summed E-state index contributed by atoms with van der Waals surface area (Å²) in [5.41, 5.74) is 0. The molecule has 0 aromatic rings. The zero-order valence-electron chi connectivity index (χ0n) is 7.91. The van der Waals surface area contributed by atoms with Crippen LogP contribution in [-0.2, 0) is 4.79 Å². The number of aliphatic hydroxyl groups excluding tert-OH is 1. The lowest BCUT2D eigenvalue weighted by Gasteiger charge is -2.16. The molecule has 4 nitrogen and oxygen atoms in total. The fourth-order valence-electron chi connectivity index (χ4n) is 0.954. The third-order valence-electron chi connectivity index (χ3n) is 1.74. The van der Waals surface area contributed by atoms with Crippen molar-refractivity contribution in [2.45, 2.75) is 38.3 Å². The van der Waals surface area contributed by atoms with Gasteiger partial charge in [0.05, 0.1) is 0 Å². The molecule has 2 atom stereocenters. The van der Waals surface area contributed by atoms with Crippen molar-refractivity contribution in [2.24, 2.45) is 0 Å². The Hall–Kier alpha value is -0.750. The number of carboxylic acids is 1. The molecule has 6 heteroatoms. The Balaban J connectivity index is 3.87. The average molecular weight is 211 g/mol. The number of nitrogens with one attached hydrogen (secondary N) is 1. The lowest BCUT2D eigenvalue weighted by atomic mass is 10.1. The van der Waals surface area contributed by atoms with E-state index >= 15 is 0 Å². The Labute approximate surface area is 80.9 Å².